The molecule has 0 amide bonds. The van der Waals surface area contributed by atoms with Crippen molar-refractivity contribution in [3.63, 3.8) is 0 Å². The molecule has 1 saturated heterocycles. The van der Waals surface area contributed by atoms with Crippen molar-refractivity contribution in [2.45, 2.75) is 44.5 Å². The highest BCUT2D eigenvalue weighted by Crippen LogP contribution is 2.13. The molecule has 0 aromatic rings. The van der Waals surface area contributed by atoms with Crippen LogP contribution in [-0.2, 0) is 0 Å². The summed E-state index contributed by atoms with van der Waals surface area (Å²) < 4.78 is 0. The highest BCUT2D eigenvalue weighted by molar-refractivity contribution is 7.99. The number of hydrogen-bond donors (Lipinski definition) is 1. The van der Waals surface area contributed by atoms with Gasteiger partial charge in [-0.25, -0.2) is 0 Å². The van der Waals surface area contributed by atoms with Crippen LogP contribution >= 0.6 is 11.8 Å². The molecule has 2 nitrogen and oxygen atoms in total. The van der Waals surface area contributed by atoms with Crippen LogP contribution in [-0.4, -0.2) is 48.1 Å². The number of hydrogen-bond acceptors (Lipinski definition) is 3. The monoisotopic (exact) mass is 216 g/mol. The predicted octanol–water partition coefficient (Wildman–Crippen LogP) is 1.81. The minimum absolute atomic E-state index is 0.701. The smallest absolute Gasteiger partial charge is 0.0193 e. The molecule has 0 aromatic heterocycles. The third kappa shape index (κ3) is 3.44. The van der Waals surface area contributed by atoms with Crippen LogP contribution in [0.3, 0.4) is 0 Å². The lowest BCUT2D eigenvalue weighted by molar-refractivity contribution is 0.141. The van der Waals surface area contributed by atoms with Gasteiger partial charge in [-0.05, 0) is 19.6 Å². The molecule has 1 fully saturated rings. The summed E-state index contributed by atoms with van der Waals surface area (Å²) in [5.41, 5.74) is 0. The molecule has 1 heterocycles. The Bertz CT molecular complexity index is 161. The quantitative estimate of drug-likeness (QED) is 0.771. The first-order valence-corrected chi connectivity index (χ1v) is 6.96. The Balaban J connectivity index is 2.40. The Kier molecular flexibility index (Phi) is 5.28. The van der Waals surface area contributed by atoms with Crippen molar-refractivity contribution in [3.8, 4) is 0 Å². The summed E-state index contributed by atoms with van der Waals surface area (Å²) in [5, 5.41) is 4.35. The summed E-state index contributed by atoms with van der Waals surface area (Å²) in [6.45, 7) is 10.5. The maximum absolute atomic E-state index is 3.59. The van der Waals surface area contributed by atoms with Crippen LogP contribution in [0.4, 0.5) is 0 Å². The van der Waals surface area contributed by atoms with Gasteiger partial charge < -0.3 is 5.32 Å². The summed E-state index contributed by atoms with van der Waals surface area (Å²) in [6, 6.07) is 1.41. The van der Waals surface area contributed by atoms with E-state index in [4.69, 9.17) is 0 Å². The van der Waals surface area contributed by atoms with Crippen molar-refractivity contribution >= 4 is 11.8 Å². The van der Waals surface area contributed by atoms with E-state index >= 15 is 0 Å². The van der Waals surface area contributed by atoms with Crippen molar-refractivity contribution in [1.29, 1.82) is 0 Å². The minimum atomic E-state index is 0.701. The van der Waals surface area contributed by atoms with E-state index in [1.165, 1.54) is 19.5 Å². The van der Waals surface area contributed by atoms with Crippen LogP contribution in [0.5, 0.6) is 0 Å². The molecule has 3 heteroatoms. The highest BCUT2D eigenvalue weighted by Gasteiger charge is 2.24. The van der Waals surface area contributed by atoms with Crippen molar-refractivity contribution in [2.75, 3.05) is 25.9 Å². The van der Waals surface area contributed by atoms with E-state index < -0.39 is 0 Å². The Hall–Kier alpha value is 0.270. The molecule has 0 radical (unpaired) electrons. The normalized spacial score (nSPS) is 31.7. The van der Waals surface area contributed by atoms with Crippen LogP contribution < -0.4 is 5.32 Å². The maximum Gasteiger partial charge on any atom is 0.0193 e. The van der Waals surface area contributed by atoms with Gasteiger partial charge in [-0.1, -0.05) is 13.8 Å². The van der Waals surface area contributed by atoms with Gasteiger partial charge in [-0.3, -0.25) is 4.90 Å². The van der Waals surface area contributed by atoms with E-state index in [0.717, 1.165) is 11.8 Å². The number of nitrogens with one attached hydrogen (secondary N) is 1. The zero-order valence-corrected chi connectivity index (χ0v) is 10.7. The molecule has 0 saturated carbocycles. The average molecular weight is 216 g/mol. The highest BCUT2D eigenvalue weighted by atomic mass is 32.2. The first-order chi connectivity index (χ1) is 6.67. The Morgan fingerprint density at radius 2 is 2.29 bits per heavy atom. The van der Waals surface area contributed by atoms with Crippen LogP contribution in [0, 0.1) is 0 Å². The van der Waals surface area contributed by atoms with Crippen molar-refractivity contribution < 1.29 is 0 Å². The van der Waals surface area contributed by atoms with E-state index in [1.54, 1.807) is 0 Å². The summed E-state index contributed by atoms with van der Waals surface area (Å²) in [7, 11) is 0. The van der Waals surface area contributed by atoms with Crippen LogP contribution in [0.15, 0.2) is 0 Å². The van der Waals surface area contributed by atoms with Gasteiger partial charge in [0.2, 0.25) is 0 Å². The third-order valence-electron chi connectivity index (χ3n) is 3.17. The maximum atomic E-state index is 3.59. The zero-order chi connectivity index (χ0) is 10.6. The first kappa shape index (κ1) is 12.3. The molecule has 84 valence electrons. The first-order valence-electron chi connectivity index (χ1n) is 5.67. The fraction of sp³-hybridized carbons (Fsp3) is 1.00. The number of nitrogens with zero attached hydrogens (tertiary/aromatic N) is 1. The molecule has 1 N–H and O–H groups in total. The van der Waals surface area contributed by atoms with Gasteiger partial charge in [0, 0.05) is 37.0 Å². The molecule has 3 unspecified atom stereocenters. The van der Waals surface area contributed by atoms with Gasteiger partial charge in [-0.15, -0.1) is 0 Å². The van der Waals surface area contributed by atoms with Gasteiger partial charge in [0.25, 0.3) is 0 Å². The van der Waals surface area contributed by atoms with Gasteiger partial charge in [-0.2, -0.15) is 11.8 Å². The lowest BCUT2D eigenvalue weighted by Gasteiger charge is -2.39. The van der Waals surface area contributed by atoms with Crippen molar-refractivity contribution in [1.82, 2.24) is 10.2 Å². The van der Waals surface area contributed by atoms with E-state index in [1.807, 2.05) is 11.8 Å². The molecule has 1 aliphatic heterocycles. The zero-order valence-electron chi connectivity index (χ0n) is 9.92. The lowest BCUT2D eigenvalue weighted by atomic mass is 10.1. The fourth-order valence-electron chi connectivity index (χ4n) is 1.93. The number of rotatable bonds is 4. The Labute approximate surface area is 92.8 Å². The third-order valence-corrected chi connectivity index (χ3v) is 4.12. The summed E-state index contributed by atoms with van der Waals surface area (Å²) in [4.78, 5) is 2.63. The van der Waals surface area contributed by atoms with Crippen molar-refractivity contribution in [2.24, 2.45) is 0 Å². The Morgan fingerprint density at radius 3 is 2.86 bits per heavy atom. The molecule has 0 aromatic carbocycles. The Morgan fingerprint density at radius 1 is 1.57 bits per heavy atom. The SMILES string of the molecule is CCC1CN(CC(C)SC)C(C)CN1. The van der Waals surface area contributed by atoms with E-state index in [0.29, 0.717) is 12.1 Å². The van der Waals surface area contributed by atoms with E-state index in [-0.39, 0.29) is 0 Å². The molecule has 0 bridgehead atoms. The molecular formula is C11H24N2S. The van der Waals surface area contributed by atoms with Gasteiger partial charge in [0.15, 0.2) is 0 Å². The summed E-state index contributed by atoms with van der Waals surface area (Å²) in [6.07, 6.45) is 3.45. The molecule has 0 aliphatic carbocycles. The molecule has 1 aliphatic rings. The second kappa shape index (κ2) is 5.99. The molecule has 3 atom stereocenters. The fourth-order valence-corrected chi connectivity index (χ4v) is 2.27. The van der Waals surface area contributed by atoms with Gasteiger partial charge >= 0.3 is 0 Å². The molecular weight excluding hydrogens is 192 g/mol. The van der Waals surface area contributed by atoms with Crippen molar-refractivity contribution in [3.05, 3.63) is 0 Å². The molecule has 1 rings (SSSR count). The predicted molar refractivity (Wildman–Crippen MR) is 66.1 cm³/mol. The van der Waals surface area contributed by atoms with Crippen LogP contribution in [0.1, 0.15) is 27.2 Å². The molecule has 0 spiro atoms. The van der Waals surface area contributed by atoms with E-state index in [9.17, 15) is 0 Å². The lowest BCUT2D eigenvalue weighted by Crippen LogP contribution is -2.56. The second-order valence-corrected chi connectivity index (χ2v) is 5.64. The average Bonchev–Trinajstić information content (AvgIpc) is 2.21. The largest absolute Gasteiger partial charge is 0.311 e. The number of piperazine rings is 1. The van der Waals surface area contributed by atoms with Crippen LogP contribution in [0.2, 0.25) is 0 Å². The van der Waals surface area contributed by atoms with Gasteiger partial charge in [0.05, 0.1) is 0 Å². The second-order valence-electron chi connectivity index (χ2n) is 4.36. The van der Waals surface area contributed by atoms with E-state index in [2.05, 4.69) is 37.2 Å². The summed E-state index contributed by atoms with van der Waals surface area (Å²) in [5.74, 6) is 0. The number of thioether (sulfide) groups is 1. The topological polar surface area (TPSA) is 15.3 Å². The minimum Gasteiger partial charge on any atom is -0.311 e. The van der Waals surface area contributed by atoms with Gasteiger partial charge in [0.1, 0.15) is 0 Å². The summed E-state index contributed by atoms with van der Waals surface area (Å²) >= 11 is 1.97. The molecule has 14 heavy (non-hydrogen) atoms. The standard InChI is InChI=1S/C11H24N2S/c1-5-11-8-13(7-10(3)14-4)9(2)6-12-11/h9-12H,5-8H2,1-4H3. The van der Waals surface area contributed by atoms with Crippen LogP contribution in [0.25, 0.3) is 0 Å².